The van der Waals surface area contributed by atoms with Crippen molar-refractivity contribution in [2.45, 2.75) is 50.6 Å². The first-order chi connectivity index (χ1) is 19.2. The van der Waals surface area contributed by atoms with Gasteiger partial charge in [-0.1, -0.05) is 62.2 Å². The summed E-state index contributed by atoms with van der Waals surface area (Å²) in [5, 5.41) is 19.6. The van der Waals surface area contributed by atoms with Gasteiger partial charge in [-0.3, -0.25) is 20.1 Å². The third kappa shape index (κ3) is 5.52. The predicted octanol–water partition coefficient (Wildman–Crippen LogP) is 5.48. The molecule has 1 aromatic heterocycles. The molecule has 1 fully saturated rings. The summed E-state index contributed by atoms with van der Waals surface area (Å²) < 4.78 is 36.2. The zero-order chi connectivity index (χ0) is 30.3. The number of nitrogens with zero attached hydrogens (tertiary/aromatic N) is 4. The molecular formula is C28H28Cl2F2N6O3. The second kappa shape index (κ2) is 11.4. The number of H-pyrrole nitrogens is 1. The molecule has 0 unspecified atom stereocenters. The van der Waals surface area contributed by atoms with Gasteiger partial charge in [0.2, 0.25) is 17.7 Å². The van der Waals surface area contributed by atoms with Gasteiger partial charge in [0.25, 0.3) is 0 Å². The first kappa shape index (κ1) is 30.4. The van der Waals surface area contributed by atoms with Crippen LogP contribution < -0.4 is 5.32 Å². The number of likely N-dealkylation sites (N-methyl/N-ethyl adjacent to an activating group) is 1. The highest BCUT2D eigenvalue weighted by Crippen LogP contribution is 2.56. The van der Waals surface area contributed by atoms with Gasteiger partial charge in [0.05, 0.1) is 24.2 Å². The SMILES string of the molecule is COC(=O)c1nc(NC(=O)[C@H]2[C@H](c3cccc(Cl)c3F)[C@@](C#N)(c3ccc(Cl)cc3F)[C@H](CC(C)(C)C)N2C)n[nH]1. The van der Waals surface area contributed by atoms with Crippen LogP contribution in [0, 0.1) is 28.4 Å². The number of amides is 1. The lowest BCUT2D eigenvalue weighted by Gasteiger charge is -2.38. The molecule has 0 aliphatic carbocycles. The first-order valence-corrected chi connectivity index (χ1v) is 13.3. The average Bonchev–Trinajstić information content (AvgIpc) is 3.45. The van der Waals surface area contributed by atoms with Crippen molar-refractivity contribution in [1.29, 1.82) is 5.26 Å². The number of likely N-dealkylation sites (tertiary alicyclic amines) is 1. The highest BCUT2D eigenvalue weighted by Gasteiger charge is 2.64. The Morgan fingerprint density at radius 1 is 1.24 bits per heavy atom. The van der Waals surface area contributed by atoms with E-state index in [9.17, 15) is 14.9 Å². The Morgan fingerprint density at radius 2 is 1.95 bits per heavy atom. The molecule has 4 rings (SSSR count). The van der Waals surface area contributed by atoms with Crippen molar-refractivity contribution in [1.82, 2.24) is 20.1 Å². The van der Waals surface area contributed by atoms with Crippen molar-refractivity contribution >= 4 is 41.0 Å². The number of halogens is 4. The molecule has 1 aliphatic rings. The number of carbonyl (C=O) groups is 2. The summed E-state index contributed by atoms with van der Waals surface area (Å²) in [5.41, 5.74) is -2.25. The number of nitriles is 1. The normalized spacial score (nSPS) is 22.8. The van der Waals surface area contributed by atoms with Gasteiger partial charge < -0.3 is 4.74 Å². The number of rotatable bonds is 6. The van der Waals surface area contributed by atoms with Gasteiger partial charge >= 0.3 is 5.97 Å². The topological polar surface area (TPSA) is 124 Å². The largest absolute Gasteiger partial charge is 0.463 e. The van der Waals surface area contributed by atoms with Crippen LogP contribution in [-0.4, -0.2) is 58.2 Å². The summed E-state index contributed by atoms with van der Waals surface area (Å²) in [7, 11) is 2.79. The second-order valence-electron chi connectivity index (χ2n) is 11.1. The van der Waals surface area contributed by atoms with E-state index < -0.39 is 52.3 Å². The number of hydrogen-bond donors (Lipinski definition) is 2. The number of aromatic amines is 1. The number of carbonyl (C=O) groups excluding carboxylic acids is 2. The van der Waals surface area contributed by atoms with Crippen molar-refractivity contribution in [2.24, 2.45) is 5.41 Å². The lowest BCUT2D eigenvalue weighted by atomic mass is 9.62. The number of anilines is 1. The number of methoxy groups -OCH3 is 1. The average molecular weight is 605 g/mol. The standard InChI is InChI=1S/C28H28Cl2F2N6O3/c1-27(2,3)12-19-28(13-33,16-10-9-14(29)11-18(16)31)20(15-7-6-8-17(30)21(15)32)22(38(19)4)24(39)35-26-34-23(36-37-26)25(40)41-5/h6-11,19-20,22H,12H2,1-5H3,(H2,34,35,36,37,39)/t19-,20-,22+,28-/m0/s1. The Morgan fingerprint density at radius 3 is 2.56 bits per heavy atom. The van der Waals surface area contributed by atoms with Gasteiger partial charge in [0, 0.05) is 22.5 Å². The van der Waals surface area contributed by atoms with Crippen LogP contribution in [-0.2, 0) is 14.9 Å². The van der Waals surface area contributed by atoms with E-state index in [1.165, 1.54) is 30.3 Å². The summed E-state index contributed by atoms with van der Waals surface area (Å²) in [6.07, 6.45) is 0.328. The summed E-state index contributed by atoms with van der Waals surface area (Å²) in [5.74, 6) is -4.86. The van der Waals surface area contributed by atoms with Crippen LogP contribution in [0.3, 0.4) is 0 Å². The number of nitrogens with one attached hydrogen (secondary N) is 2. The second-order valence-corrected chi connectivity index (χ2v) is 11.9. The third-order valence-electron chi connectivity index (χ3n) is 7.31. The summed E-state index contributed by atoms with van der Waals surface area (Å²) in [6, 6.07) is 8.53. The minimum Gasteiger partial charge on any atom is -0.463 e. The molecule has 2 N–H and O–H groups in total. The van der Waals surface area contributed by atoms with Crippen LogP contribution in [0.1, 0.15) is 54.9 Å². The van der Waals surface area contributed by atoms with Crippen molar-refractivity contribution in [3.05, 3.63) is 75.0 Å². The van der Waals surface area contributed by atoms with E-state index in [1.807, 2.05) is 20.8 Å². The number of hydrogen-bond acceptors (Lipinski definition) is 7. The minimum absolute atomic E-state index is 0.0314. The maximum Gasteiger partial charge on any atom is 0.375 e. The van der Waals surface area contributed by atoms with Gasteiger partial charge in [-0.2, -0.15) is 10.2 Å². The van der Waals surface area contributed by atoms with E-state index in [-0.39, 0.29) is 32.9 Å². The van der Waals surface area contributed by atoms with Crippen molar-refractivity contribution < 1.29 is 23.1 Å². The van der Waals surface area contributed by atoms with E-state index >= 15 is 8.78 Å². The molecule has 2 heterocycles. The molecule has 216 valence electrons. The molecule has 0 spiro atoms. The summed E-state index contributed by atoms with van der Waals surface area (Å²) in [4.78, 5) is 31.4. The Kier molecular flexibility index (Phi) is 8.41. The molecule has 0 radical (unpaired) electrons. The highest BCUT2D eigenvalue weighted by molar-refractivity contribution is 6.31. The van der Waals surface area contributed by atoms with Gasteiger partial charge in [-0.25, -0.2) is 13.6 Å². The summed E-state index contributed by atoms with van der Waals surface area (Å²) >= 11 is 12.2. The quantitative estimate of drug-likeness (QED) is 0.357. The van der Waals surface area contributed by atoms with Crippen molar-refractivity contribution in [3.63, 3.8) is 0 Å². The Labute approximate surface area is 245 Å². The van der Waals surface area contributed by atoms with Gasteiger partial charge in [-0.15, -0.1) is 5.10 Å². The van der Waals surface area contributed by atoms with Crippen LogP contribution in [0.15, 0.2) is 36.4 Å². The lowest BCUT2D eigenvalue weighted by Crippen LogP contribution is -2.45. The van der Waals surface area contributed by atoms with Crippen LogP contribution >= 0.6 is 23.2 Å². The number of aromatic nitrogens is 3. The Balaban J connectivity index is 1.97. The molecule has 13 heteroatoms. The molecule has 1 amide bonds. The molecule has 1 saturated heterocycles. The fourth-order valence-corrected chi connectivity index (χ4v) is 6.01. The third-order valence-corrected chi connectivity index (χ3v) is 7.84. The van der Waals surface area contributed by atoms with Crippen LogP contribution in [0.25, 0.3) is 0 Å². The highest BCUT2D eigenvalue weighted by atomic mass is 35.5. The monoisotopic (exact) mass is 604 g/mol. The predicted molar refractivity (Wildman–Crippen MR) is 149 cm³/mol. The van der Waals surface area contributed by atoms with Gasteiger partial charge in [-0.05, 0) is 42.6 Å². The first-order valence-electron chi connectivity index (χ1n) is 12.6. The van der Waals surface area contributed by atoms with Crippen LogP contribution in [0.4, 0.5) is 14.7 Å². The molecule has 0 saturated carbocycles. The molecule has 4 atom stereocenters. The minimum atomic E-state index is -1.78. The lowest BCUT2D eigenvalue weighted by molar-refractivity contribution is -0.120. The Hall–Kier alpha value is -3.59. The van der Waals surface area contributed by atoms with Crippen molar-refractivity contribution in [3.8, 4) is 6.07 Å². The molecule has 3 aromatic rings. The maximum atomic E-state index is 15.8. The molecule has 1 aliphatic heterocycles. The Bertz CT molecular complexity index is 1540. The van der Waals surface area contributed by atoms with E-state index in [0.717, 1.165) is 13.2 Å². The van der Waals surface area contributed by atoms with E-state index in [4.69, 9.17) is 23.2 Å². The molecule has 41 heavy (non-hydrogen) atoms. The van der Waals surface area contributed by atoms with E-state index in [2.05, 4.69) is 31.3 Å². The molecule has 2 aromatic carbocycles. The fourth-order valence-electron chi connectivity index (χ4n) is 5.67. The van der Waals surface area contributed by atoms with Crippen LogP contribution in [0.2, 0.25) is 10.0 Å². The number of esters is 1. The fraction of sp³-hybridized carbons (Fsp3) is 0.393. The van der Waals surface area contributed by atoms with Crippen molar-refractivity contribution in [2.75, 3.05) is 19.5 Å². The molecule has 0 bridgehead atoms. The van der Waals surface area contributed by atoms with Crippen LogP contribution in [0.5, 0.6) is 0 Å². The van der Waals surface area contributed by atoms with E-state index in [1.54, 1.807) is 11.9 Å². The van der Waals surface area contributed by atoms with Gasteiger partial charge in [0.1, 0.15) is 17.0 Å². The van der Waals surface area contributed by atoms with E-state index in [0.29, 0.717) is 6.42 Å². The molecule has 9 nitrogen and oxygen atoms in total. The smallest absolute Gasteiger partial charge is 0.375 e. The summed E-state index contributed by atoms with van der Waals surface area (Å²) in [6.45, 7) is 5.85. The van der Waals surface area contributed by atoms with Gasteiger partial charge in [0.15, 0.2) is 0 Å². The number of benzene rings is 2. The maximum absolute atomic E-state index is 15.8. The zero-order valence-electron chi connectivity index (χ0n) is 22.9. The molecular weight excluding hydrogens is 577 g/mol. The number of ether oxygens (including phenoxy) is 1. The zero-order valence-corrected chi connectivity index (χ0v) is 24.4.